The lowest BCUT2D eigenvalue weighted by molar-refractivity contribution is -0.142. The highest BCUT2D eigenvalue weighted by Gasteiger charge is 2.38. The summed E-state index contributed by atoms with van der Waals surface area (Å²) in [5, 5.41) is 11.7. The Morgan fingerprint density at radius 1 is 1.32 bits per heavy atom. The number of benzene rings is 1. The lowest BCUT2D eigenvalue weighted by atomic mass is 10.2. The third-order valence-corrected chi connectivity index (χ3v) is 4.32. The number of nitrogens with one attached hydrogen (secondary N) is 2. The number of aromatic nitrogens is 4. The Kier molecular flexibility index (Phi) is 5.98. The molecule has 0 amide bonds. The average molecular weight is 453 g/mol. The van der Waals surface area contributed by atoms with Crippen LogP contribution in [0.4, 0.5) is 19.1 Å². The molecule has 0 aliphatic carbocycles. The van der Waals surface area contributed by atoms with Gasteiger partial charge in [-0.2, -0.15) is 18.4 Å². The predicted molar refractivity (Wildman–Crippen MR) is 103 cm³/mol. The molecule has 13 heteroatoms. The molecule has 160 valence electrons. The number of halogens is 4. The van der Waals surface area contributed by atoms with Crippen molar-refractivity contribution in [3.8, 4) is 17.6 Å². The largest absolute Gasteiger partial charge is 0.449 e. The van der Waals surface area contributed by atoms with Gasteiger partial charge >= 0.3 is 6.18 Å². The number of aromatic amines is 1. The summed E-state index contributed by atoms with van der Waals surface area (Å²) < 4.78 is 46.2. The molecular weight excluding hydrogens is 441 g/mol. The Bertz CT molecular complexity index is 1300. The van der Waals surface area contributed by atoms with Crippen LogP contribution in [0.15, 0.2) is 40.3 Å². The summed E-state index contributed by atoms with van der Waals surface area (Å²) in [6.07, 6.45) is -3.16. The summed E-state index contributed by atoms with van der Waals surface area (Å²) in [7, 11) is 1.53. The monoisotopic (exact) mass is 452 g/mol. The molecule has 0 spiro atoms. The number of H-pyrrole nitrogens is 1. The van der Waals surface area contributed by atoms with Crippen LogP contribution in [0.25, 0.3) is 0 Å². The van der Waals surface area contributed by atoms with Gasteiger partial charge in [0, 0.05) is 19.3 Å². The highest BCUT2D eigenvalue weighted by atomic mass is 35.5. The molecule has 0 atom stereocenters. The van der Waals surface area contributed by atoms with Crippen molar-refractivity contribution in [2.75, 3.05) is 12.4 Å². The number of nitrogens with zero attached hydrogens (tertiary/aromatic N) is 4. The molecule has 0 bridgehead atoms. The van der Waals surface area contributed by atoms with E-state index in [4.69, 9.17) is 21.6 Å². The molecule has 3 rings (SSSR count). The zero-order valence-electron chi connectivity index (χ0n) is 15.6. The third kappa shape index (κ3) is 4.67. The number of rotatable bonds is 5. The molecule has 0 aliphatic heterocycles. The Hall–Kier alpha value is -3.85. The van der Waals surface area contributed by atoms with Gasteiger partial charge in [0.2, 0.25) is 11.7 Å². The molecule has 2 N–H and O–H groups in total. The first kappa shape index (κ1) is 21.8. The molecule has 0 fully saturated rings. The molecule has 0 saturated carbocycles. The minimum absolute atomic E-state index is 0.00636. The SMILES string of the molecule is CNc1ncc(Cn2cnc(C(F)(F)F)c(Oc3ccc(Cl)c(C#N)c3)c2=O)c(=O)[nH]1. The van der Waals surface area contributed by atoms with E-state index < -0.39 is 35.3 Å². The van der Waals surface area contributed by atoms with Crippen LogP contribution in [-0.4, -0.2) is 26.6 Å². The van der Waals surface area contributed by atoms with Crippen LogP contribution in [0.5, 0.6) is 11.5 Å². The first-order valence-corrected chi connectivity index (χ1v) is 8.82. The van der Waals surface area contributed by atoms with Crippen molar-refractivity contribution in [2.24, 2.45) is 0 Å². The van der Waals surface area contributed by atoms with Crippen molar-refractivity contribution in [3.63, 3.8) is 0 Å². The summed E-state index contributed by atoms with van der Waals surface area (Å²) in [6, 6.07) is 5.29. The summed E-state index contributed by atoms with van der Waals surface area (Å²) in [5.41, 5.74) is -3.39. The molecule has 1 aromatic carbocycles. The van der Waals surface area contributed by atoms with E-state index in [1.54, 1.807) is 6.07 Å². The number of hydrogen-bond acceptors (Lipinski definition) is 7. The van der Waals surface area contributed by atoms with E-state index in [1.807, 2.05) is 0 Å². The van der Waals surface area contributed by atoms with Gasteiger partial charge in [0.1, 0.15) is 11.8 Å². The summed E-state index contributed by atoms with van der Waals surface area (Å²) >= 11 is 5.81. The number of hydrogen-bond donors (Lipinski definition) is 2. The van der Waals surface area contributed by atoms with Crippen molar-refractivity contribution in [1.82, 2.24) is 19.5 Å². The van der Waals surface area contributed by atoms with E-state index >= 15 is 0 Å². The second kappa shape index (κ2) is 8.49. The van der Waals surface area contributed by atoms with Crippen LogP contribution in [0, 0.1) is 11.3 Å². The van der Waals surface area contributed by atoms with Gasteiger partial charge < -0.3 is 10.1 Å². The first-order valence-electron chi connectivity index (χ1n) is 8.44. The highest BCUT2D eigenvalue weighted by Crippen LogP contribution is 2.35. The van der Waals surface area contributed by atoms with Gasteiger partial charge in [0.25, 0.3) is 11.1 Å². The second-order valence-electron chi connectivity index (χ2n) is 6.04. The Morgan fingerprint density at radius 3 is 2.68 bits per heavy atom. The lowest BCUT2D eigenvalue weighted by Crippen LogP contribution is -2.28. The molecule has 0 unspecified atom stereocenters. The van der Waals surface area contributed by atoms with E-state index in [0.717, 1.165) is 10.6 Å². The van der Waals surface area contributed by atoms with Gasteiger partial charge in [-0.05, 0) is 12.1 Å². The summed E-state index contributed by atoms with van der Waals surface area (Å²) in [4.78, 5) is 34.5. The van der Waals surface area contributed by atoms with Crippen molar-refractivity contribution in [1.29, 1.82) is 5.26 Å². The van der Waals surface area contributed by atoms with E-state index in [0.29, 0.717) is 6.33 Å². The molecule has 0 aliphatic rings. The van der Waals surface area contributed by atoms with Gasteiger partial charge in [-0.1, -0.05) is 11.6 Å². The fourth-order valence-corrected chi connectivity index (χ4v) is 2.65. The first-order chi connectivity index (χ1) is 14.6. The Labute approximate surface area is 176 Å². The van der Waals surface area contributed by atoms with Crippen molar-refractivity contribution >= 4 is 17.5 Å². The van der Waals surface area contributed by atoms with Crippen molar-refractivity contribution in [2.45, 2.75) is 12.7 Å². The standard InChI is InChI=1S/C18H12ClF3N6O3/c1-24-17-25-6-10(15(29)27-17)7-28-8-26-14(18(20,21)22)13(16(28)30)31-11-2-3-12(19)9(4-11)5-23/h2-4,6,8H,7H2,1H3,(H2,24,25,27,29). The maximum Gasteiger partial charge on any atom is 0.437 e. The molecule has 2 heterocycles. The number of anilines is 1. The van der Waals surface area contributed by atoms with Gasteiger partial charge in [0.15, 0.2) is 5.69 Å². The van der Waals surface area contributed by atoms with Gasteiger partial charge in [-0.3, -0.25) is 19.1 Å². The van der Waals surface area contributed by atoms with E-state index in [-0.39, 0.29) is 27.8 Å². The molecule has 31 heavy (non-hydrogen) atoms. The van der Waals surface area contributed by atoms with Crippen molar-refractivity contribution < 1.29 is 17.9 Å². The number of nitriles is 1. The molecule has 2 aromatic heterocycles. The minimum Gasteiger partial charge on any atom is -0.449 e. The number of alkyl halides is 3. The summed E-state index contributed by atoms with van der Waals surface area (Å²) in [5.74, 6) is -1.16. The fourth-order valence-electron chi connectivity index (χ4n) is 2.49. The molecule has 3 aromatic rings. The predicted octanol–water partition coefficient (Wildman–Crippen LogP) is 2.75. The smallest absolute Gasteiger partial charge is 0.437 e. The van der Waals surface area contributed by atoms with Crippen LogP contribution in [0.2, 0.25) is 5.02 Å². The maximum absolute atomic E-state index is 13.4. The Morgan fingerprint density at radius 2 is 2.06 bits per heavy atom. The van der Waals surface area contributed by atoms with Crippen LogP contribution in [-0.2, 0) is 12.7 Å². The molecular formula is C18H12ClF3N6O3. The molecule has 9 nitrogen and oxygen atoms in total. The van der Waals surface area contributed by atoms with Crippen LogP contribution in [0.1, 0.15) is 16.8 Å². The quantitative estimate of drug-likeness (QED) is 0.609. The Balaban J connectivity index is 2.08. The van der Waals surface area contributed by atoms with Crippen LogP contribution >= 0.6 is 11.6 Å². The van der Waals surface area contributed by atoms with Crippen LogP contribution in [0.3, 0.4) is 0 Å². The zero-order valence-corrected chi connectivity index (χ0v) is 16.4. The lowest BCUT2D eigenvalue weighted by Gasteiger charge is -2.14. The van der Waals surface area contributed by atoms with Crippen LogP contribution < -0.4 is 21.2 Å². The molecule has 0 saturated heterocycles. The molecule has 0 radical (unpaired) electrons. The summed E-state index contributed by atoms with van der Waals surface area (Å²) in [6.45, 7) is -0.406. The normalized spacial score (nSPS) is 11.1. The van der Waals surface area contributed by atoms with Gasteiger partial charge in [0.05, 0.1) is 29.0 Å². The topological polar surface area (TPSA) is 126 Å². The van der Waals surface area contributed by atoms with E-state index in [9.17, 15) is 22.8 Å². The van der Waals surface area contributed by atoms with Crippen molar-refractivity contribution in [3.05, 3.63) is 73.3 Å². The third-order valence-electron chi connectivity index (χ3n) is 3.99. The minimum atomic E-state index is -4.99. The second-order valence-corrected chi connectivity index (χ2v) is 6.45. The zero-order chi connectivity index (χ0) is 22.8. The van der Waals surface area contributed by atoms with E-state index in [2.05, 4.69) is 20.3 Å². The highest BCUT2D eigenvalue weighted by molar-refractivity contribution is 6.31. The van der Waals surface area contributed by atoms with E-state index in [1.165, 1.54) is 25.4 Å². The van der Waals surface area contributed by atoms with Gasteiger partial charge in [-0.25, -0.2) is 9.97 Å². The van der Waals surface area contributed by atoms with Gasteiger partial charge in [-0.15, -0.1) is 0 Å². The fraction of sp³-hybridized carbons (Fsp3) is 0.167. The number of ether oxygens (including phenoxy) is 1. The maximum atomic E-state index is 13.4. The average Bonchev–Trinajstić information content (AvgIpc) is 2.72.